The zero-order valence-electron chi connectivity index (χ0n) is 13.2. The summed E-state index contributed by atoms with van der Waals surface area (Å²) in [6, 6.07) is 3.67. The van der Waals surface area contributed by atoms with E-state index < -0.39 is 0 Å². The Morgan fingerprint density at radius 3 is 2.48 bits per heavy atom. The van der Waals surface area contributed by atoms with Crippen LogP contribution in [0.15, 0.2) is 12.1 Å². The van der Waals surface area contributed by atoms with Crippen LogP contribution in [0.3, 0.4) is 0 Å². The number of nitrogens with one attached hydrogen (secondary N) is 1. The van der Waals surface area contributed by atoms with Gasteiger partial charge in [-0.2, -0.15) is 0 Å². The molecular weight excluding hydrogens is 305 g/mol. The molecule has 0 radical (unpaired) electrons. The number of benzene rings is 1. The van der Waals surface area contributed by atoms with Crippen molar-refractivity contribution in [2.45, 2.75) is 58.9 Å². The lowest BCUT2D eigenvalue weighted by Crippen LogP contribution is -2.15. The third kappa shape index (κ3) is 7.39. The molecule has 0 aliphatic carbocycles. The Kier molecular flexibility index (Phi) is 9.90. The van der Waals surface area contributed by atoms with Crippen LogP contribution in [0.25, 0.3) is 0 Å². The van der Waals surface area contributed by atoms with Crippen molar-refractivity contribution < 1.29 is 4.74 Å². The average molecular weight is 332 g/mol. The van der Waals surface area contributed by atoms with Crippen molar-refractivity contribution in [1.29, 1.82) is 0 Å². The van der Waals surface area contributed by atoms with Crippen LogP contribution in [0, 0.1) is 0 Å². The number of hydrogen-bond donors (Lipinski definition) is 1. The molecule has 0 aliphatic rings. The fourth-order valence-corrected chi connectivity index (χ4v) is 2.78. The van der Waals surface area contributed by atoms with Gasteiger partial charge in [0, 0.05) is 17.1 Å². The number of unbranched alkanes of at least 4 members (excludes halogenated alkanes) is 4. The van der Waals surface area contributed by atoms with Crippen molar-refractivity contribution in [2.75, 3.05) is 13.2 Å². The second kappa shape index (κ2) is 11.2. The maximum atomic E-state index is 6.23. The summed E-state index contributed by atoms with van der Waals surface area (Å²) in [6.45, 7) is 6.75. The summed E-state index contributed by atoms with van der Waals surface area (Å²) >= 11 is 12.3. The highest BCUT2D eigenvalue weighted by Crippen LogP contribution is 2.32. The molecule has 1 aromatic carbocycles. The highest BCUT2D eigenvalue weighted by Gasteiger charge is 2.10. The van der Waals surface area contributed by atoms with Crippen LogP contribution in [-0.4, -0.2) is 13.2 Å². The van der Waals surface area contributed by atoms with E-state index in [0.717, 1.165) is 30.8 Å². The molecule has 0 amide bonds. The molecule has 0 heterocycles. The summed E-state index contributed by atoms with van der Waals surface area (Å²) in [5.74, 6) is 0.765. The average Bonchev–Trinajstić information content (AvgIpc) is 2.45. The van der Waals surface area contributed by atoms with Gasteiger partial charge in [0.05, 0.1) is 11.6 Å². The number of rotatable bonds is 11. The summed E-state index contributed by atoms with van der Waals surface area (Å²) in [5.41, 5.74) is 1.04. The lowest BCUT2D eigenvalue weighted by atomic mass is 10.1. The zero-order chi connectivity index (χ0) is 15.5. The van der Waals surface area contributed by atoms with E-state index in [1.807, 2.05) is 6.07 Å². The van der Waals surface area contributed by atoms with Gasteiger partial charge in [-0.15, -0.1) is 0 Å². The zero-order valence-corrected chi connectivity index (χ0v) is 14.7. The first-order chi connectivity index (χ1) is 10.2. The lowest BCUT2D eigenvalue weighted by Gasteiger charge is -2.14. The molecule has 1 N–H and O–H groups in total. The van der Waals surface area contributed by atoms with Gasteiger partial charge in [-0.1, -0.05) is 62.7 Å². The van der Waals surface area contributed by atoms with E-state index in [4.69, 9.17) is 27.9 Å². The summed E-state index contributed by atoms with van der Waals surface area (Å²) in [4.78, 5) is 0. The van der Waals surface area contributed by atoms with Gasteiger partial charge in [0.15, 0.2) is 0 Å². The first kappa shape index (κ1) is 18.6. The maximum absolute atomic E-state index is 6.23. The third-order valence-electron chi connectivity index (χ3n) is 3.31. The van der Waals surface area contributed by atoms with Crippen molar-refractivity contribution >= 4 is 23.2 Å². The topological polar surface area (TPSA) is 21.3 Å². The molecule has 2 nitrogen and oxygen atoms in total. The molecule has 0 unspecified atom stereocenters. The predicted octanol–water partition coefficient (Wildman–Crippen LogP) is 5.84. The normalized spacial score (nSPS) is 10.9. The SMILES string of the molecule is CCCCCCCNCc1cc(Cl)cc(Cl)c1OCCC. The lowest BCUT2D eigenvalue weighted by molar-refractivity contribution is 0.313. The van der Waals surface area contributed by atoms with Crippen LogP contribution in [0.1, 0.15) is 57.9 Å². The molecule has 1 rings (SSSR count). The minimum Gasteiger partial charge on any atom is -0.492 e. The van der Waals surface area contributed by atoms with Gasteiger partial charge in [0.1, 0.15) is 5.75 Å². The van der Waals surface area contributed by atoms with Crippen molar-refractivity contribution in [3.05, 3.63) is 27.7 Å². The van der Waals surface area contributed by atoms with E-state index in [-0.39, 0.29) is 0 Å². The number of halogens is 2. The van der Waals surface area contributed by atoms with Crippen molar-refractivity contribution in [3.8, 4) is 5.75 Å². The van der Waals surface area contributed by atoms with Crippen LogP contribution in [0.4, 0.5) is 0 Å². The van der Waals surface area contributed by atoms with Gasteiger partial charge in [-0.25, -0.2) is 0 Å². The van der Waals surface area contributed by atoms with E-state index in [1.54, 1.807) is 6.07 Å². The van der Waals surface area contributed by atoms with Gasteiger partial charge in [0.2, 0.25) is 0 Å². The van der Waals surface area contributed by atoms with Crippen molar-refractivity contribution in [1.82, 2.24) is 5.32 Å². The standard InChI is InChI=1S/C17H27Cl2NO/c1-3-5-6-7-8-9-20-13-14-11-15(18)12-16(19)17(14)21-10-4-2/h11-12,20H,3-10,13H2,1-2H3. The minimum atomic E-state index is 0.593. The van der Waals surface area contributed by atoms with Gasteiger partial charge >= 0.3 is 0 Å². The Bertz CT molecular complexity index is 410. The molecule has 0 spiro atoms. The molecule has 4 heteroatoms. The monoisotopic (exact) mass is 331 g/mol. The van der Waals surface area contributed by atoms with Gasteiger partial charge in [-0.3, -0.25) is 0 Å². The first-order valence-electron chi connectivity index (χ1n) is 8.00. The Hall–Kier alpha value is -0.440. The summed E-state index contributed by atoms with van der Waals surface area (Å²) in [7, 11) is 0. The molecule has 0 bridgehead atoms. The third-order valence-corrected chi connectivity index (χ3v) is 3.81. The molecule has 0 saturated carbocycles. The summed E-state index contributed by atoms with van der Waals surface area (Å²) in [6.07, 6.45) is 7.40. The molecule has 0 atom stereocenters. The van der Waals surface area contributed by atoms with Crippen molar-refractivity contribution in [2.24, 2.45) is 0 Å². The first-order valence-corrected chi connectivity index (χ1v) is 8.76. The maximum Gasteiger partial charge on any atom is 0.142 e. The quantitative estimate of drug-likeness (QED) is 0.514. The molecule has 120 valence electrons. The van der Waals surface area contributed by atoms with E-state index >= 15 is 0 Å². The van der Waals surface area contributed by atoms with E-state index in [2.05, 4.69) is 19.2 Å². The van der Waals surface area contributed by atoms with Crippen LogP contribution in [0.5, 0.6) is 5.75 Å². The highest BCUT2D eigenvalue weighted by molar-refractivity contribution is 6.35. The second-order valence-corrected chi connectivity index (χ2v) is 6.16. The Balaban J connectivity index is 2.45. The number of ether oxygens (including phenoxy) is 1. The minimum absolute atomic E-state index is 0.593. The van der Waals surface area contributed by atoms with Gasteiger partial charge in [-0.05, 0) is 31.5 Å². The molecular formula is C17H27Cl2NO. The molecule has 0 aromatic heterocycles. The predicted molar refractivity (Wildman–Crippen MR) is 92.7 cm³/mol. The van der Waals surface area contributed by atoms with Crippen LogP contribution >= 0.6 is 23.2 Å². The molecule has 21 heavy (non-hydrogen) atoms. The van der Waals surface area contributed by atoms with Gasteiger partial charge in [0.25, 0.3) is 0 Å². The summed E-state index contributed by atoms with van der Waals surface area (Å²) in [5, 5.41) is 4.70. The number of hydrogen-bond acceptors (Lipinski definition) is 2. The smallest absolute Gasteiger partial charge is 0.142 e. The van der Waals surface area contributed by atoms with Crippen molar-refractivity contribution in [3.63, 3.8) is 0 Å². The highest BCUT2D eigenvalue weighted by atomic mass is 35.5. The van der Waals surface area contributed by atoms with E-state index in [9.17, 15) is 0 Å². The largest absolute Gasteiger partial charge is 0.492 e. The van der Waals surface area contributed by atoms with Crippen LogP contribution in [-0.2, 0) is 6.54 Å². The fraction of sp³-hybridized carbons (Fsp3) is 0.647. The Labute approximate surface area is 139 Å². The Morgan fingerprint density at radius 1 is 1.00 bits per heavy atom. The summed E-state index contributed by atoms with van der Waals surface area (Å²) < 4.78 is 5.75. The fourth-order valence-electron chi connectivity index (χ4n) is 2.19. The second-order valence-electron chi connectivity index (χ2n) is 5.32. The molecule has 0 saturated heterocycles. The van der Waals surface area contributed by atoms with Gasteiger partial charge < -0.3 is 10.1 Å². The molecule has 0 fully saturated rings. The Morgan fingerprint density at radius 2 is 1.76 bits per heavy atom. The van der Waals surface area contributed by atoms with E-state index in [0.29, 0.717) is 16.7 Å². The van der Waals surface area contributed by atoms with Crippen LogP contribution in [0.2, 0.25) is 10.0 Å². The molecule has 1 aromatic rings. The van der Waals surface area contributed by atoms with Crippen LogP contribution < -0.4 is 10.1 Å². The van der Waals surface area contributed by atoms with E-state index in [1.165, 1.54) is 32.1 Å². The molecule has 0 aliphatic heterocycles.